The average Bonchev–Trinajstić information content (AvgIpc) is 3.19. The minimum absolute atomic E-state index is 1.21. The smallest absolute Gasteiger partial charge is 0.0273 e. The van der Waals surface area contributed by atoms with E-state index < -0.39 is 0 Å². The number of nitrogens with zero attached hydrogens (tertiary/aromatic N) is 1. The second kappa shape index (κ2) is 6.63. The van der Waals surface area contributed by atoms with Crippen LogP contribution in [0.25, 0.3) is 66.1 Å². The van der Waals surface area contributed by atoms with Gasteiger partial charge in [-0.05, 0) is 78.2 Å². The number of fused-ring (bicyclic) bond motifs is 4. The predicted molar refractivity (Wildman–Crippen MR) is 135 cm³/mol. The molecule has 1 nitrogen and oxygen atoms in total. The molecule has 32 heavy (non-hydrogen) atoms. The van der Waals surface area contributed by atoms with Crippen molar-refractivity contribution in [1.29, 1.82) is 0 Å². The highest BCUT2D eigenvalue weighted by Gasteiger charge is 2.29. The monoisotopic (exact) mass is 405 g/mol. The molecule has 1 aliphatic rings. The number of rotatable bonds is 2. The summed E-state index contributed by atoms with van der Waals surface area (Å²) in [5.74, 6) is 0. The highest BCUT2D eigenvalue weighted by Crippen LogP contribution is 2.57. The molecular weight excluding hydrogens is 386 g/mol. The van der Waals surface area contributed by atoms with Crippen LogP contribution in [0.3, 0.4) is 0 Å². The van der Waals surface area contributed by atoms with Crippen LogP contribution in [0.15, 0.2) is 116 Å². The normalized spacial score (nSPS) is 11.8. The molecule has 0 atom stereocenters. The first-order valence-corrected chi connectivity index (χ1v) is 11.0. The van der Waals surface area contributed by atoms with Gasteiger partial charge in [-0.15, -0.1) is 0 Å². The summed E-state index contributed by atoms with van der Waals surface area (Å²) in [5.41, 5.74) is 10.4. The number of aromatic nitrogens is 1. The Balaban J connectivity index is 1.78. The molecule has 0 bridgehead atoms. The van der Waals surface area contributed by atoms with E-state index >= 15 is 0 Å². The largest absolute Gasteiger partial charge is 0.265 e. The summed E-state index contributed by atoms with van der Waals surface area (Å²) in [5, 5.41) is 5.21. The second-order valence-electron chi connectivity index (χ2n) is 8.36. The van der Waals surface area contributed by atoms with Crippen LogP contribution in [0.5, 0.6) is 0 Å². The zero-order valence-corrected chi connectivity index (χ0v) is 17.4. The molecule has 6 aromatic rings. The van der Waals surface area contributed by atoms with E-state index in [1.807, 2.05) is 12.4 Å². The van der Waals surface area contributed by atoms with Crippen LogP contribution in [0.2, 0.25) is 0 Å². The fourth-order valence-electron chi connectivity index (χ4n) is 5.46. The summed E-state index contributed by atoms with van der Waals surface area (Å²) in [7, 11) is 0. The van der Waals surface area contributed by atoms with E-state index in [1.165, 1.54) is 66.1 Å². The molecule has 7 rings (SSSR count). The summed E-state index contributed by atoms with van der Waals surface area (Å²) in [6.45, 7) is 0. The minimum atomic E-state index is 1.21. The molecule has 0 saturated heterocycles. The van der Waals surface area contributed by atoms with Gasteiger partial charge >= 0.3 is 0 Å². The van der Waals surface area contributed by atoms with E-state index in [-0.39, 0.29) is 0 Å². The first-order valence-electron chi connectivity index (χ1n) is 11.0. The lowest BCUT2D eigenvalue weighted by atomic mass is 9.83. The maximum absolute atomic E-state index is 4.29. The third-order valence-corrected chi connectivity index (χ3v) is 6.69. The van der Waals surface area contributed by atoms with Crippen LogP contribution < -0.4 is 0 Å². The van der Waals surface area contributed by atoms with Gasteiger partial charge in [0.2, 0.25) is 0 Å². The molecule has 0 saturated carbocycles. The van der Waals surface area contributed by atoms with Crippen LogP contribution >= 0.6 is 0 Å². The molecular formula is C31H19N. The maximum Gasteiger partial charge on any atom is 0.0273 e. The number of hydrogen-bond acceptors (Lipinski definition) is 1. The Bertz CT molecular complexity index is 1530. The maximum atomic E-state index is 4.29. The second-order valence-corrected chi connectivity index (χ2v) is 8.36. The minimum Gasteiger partial charge on any atom is -0.265 e. The molecule has 0 radical (unpaired) electrons. The van der Waals surface area contributed by atoms with Gasteiger partial charge < -0.3 is 0 Å². The lowest BCUT2D eigenvalue weighted by Gasteiger charge is -2.20. The lowest BCUT2D eigenvalue weighted by molar-refractivity contribution is 1.33. The van der Waals surface area contributed by atoms with Gasteiger partial charge in [-0.25, -0.2) is 0 Å². The number of pyridine rings is 1. The molecule has 0 spiro atoms. The van der Waals surface area contributed by atoms with Crippen LogP contribution in [-0.2, 0) is 0 Å². The average molecular weight is 406 g/mol. The van der Waals surface area contributed by atoms with E-state index in [0.717, 1.165) is 0 Å². The van der Waals surface area contributed by atoms with Crippen LogP contribution in [-0.4, -0.2) is 4.98 Å². The standard InChI is InChI=1S/C31H19N/c1-2-8-21(9-3-1)28-23-12-4-5-13-24(23)29(22-16-18-32-19-17-22)31-26-15-7-11-20-10-6-14-25(27(20)26)30(28)31/h1-19H. The lowest BCUT2D eigenvalue weighted by Crippen LogP contribution is -1.93. The molecule has 0 aliphatic heterocycles. The van der Waals surface area contributed by atoms with Crippen LogP contribution in [0, 0.1) is 0 Å². The zero-order valence-electron chi connectivity index (χ0n) is 17.4. The van der Waals surface area contributed by atoms with Gasteiger partial charge in [0, 0.05) is 12.4 Å². The molecule has 0 amide bonds. The van der Waals surface area contributed by atoms with Crippen molar-refractivity contribution < 1.29 is 0 Å². The highest BCUT2D eigenvalue weighted by atomic mass is 14.6. The van der Waals surface area contributed by atoms with Gasteiger partial charge in [-0.1, -0.05) is 91.0 Å². The molecule has 148 valence electrons. The van der Waals surface area contributed by atoms with Crippen molar-refractivity contribution in [3.8, 4) is 44.5 Å². The first kappa shape index (κ1) is 17.5. The summed E-state index contributed by atoms with van der Waals surface area (Å²) >= 11 is 0. The van der Waals surface area contributed by atoms with Crippen LogP contribution in [0.4, 0.5) is 0 Å². The third-order valence-electron chi connectivity index (χ3n) is 6.69. The van der Waals surface area contributed by atoms with E-state index in [0.29, 0.717) is 0 Å². The Kier molecular flexibility index (Phi) is 3.62. The molecule has 1 heterocycles. The topological polar surface area (TPSA) is 12.9 Å². The Labute approximate surface area is 186 Å². The van der Waals surface area contributed by atoms with Gasteiger partial charge in [0.15, 0.2) is 0 Å². The van der Waals surface area contributed by atoms with Gasteiger partial charge in [0.25, 0.3) is 0 Å². The van der Waals surface area contributed by atoms with Crippen molar-refractivity contribution >= 4 is 21.5 Å². The number of hydrogen-bond donors (Lipinski definition) is 0. The van der Waals surface area contributed by atoms with Crippen molar-refractivity contribution in [2.24, 2.45) is 0 Å². The van der Waals surface area contributed by atoms with E-state index in [4.69, 9.17) is 0 Å². The van der Waals surface area contributed by atoms with E-state index in [2.05, 4.69) is 108 Å². The van der Waals surface area contributed by atoms with Crippen molar-refractivity contribution in [3.63, 3.8) is 0 Å². The SMILES string of the molecule is c1ccc(-c2c3c(c(-c4ccncc4)c4ccccc24)-c2cccc4cccc-3c24)cc1. The Morgan fingerprint density at radius 3 is 1.53 bits per heavy atom. The fraction of sp³-hybridized carbons (Fsp3) is 0. The number of benzene rings is 5. The molecule has 5 aromatic carbocycles. The van der Waals surface area contributed by atoms with E-state index in [1.54, 1.807) is 0 Å². The molecule has 0 unspecified atom stereocenters. The highest BCUT2D eigenvalue weighted by molar-refractivity contribution is 6.27. The fourth-order valence-corrected chi connectivity index (χ4v) is 5.46. The summed E-state index contributed by atoms with van der Waals surface area (Å²) in [6, 6.07) is 37.3. The molecule has 0 N–H and O–H groups in total. The van der Waals surface area contributed by atoms with Gasteiger partial charge in [-0.2, -0.15) is 0 Å². The van der Waals surface area contributed by atoms with Crippen molar-refractivity contribution in [3.05, 3.63) is 116 Å². The van der Waals surface area contributed by atoms with Gasteiger partial charge in [0.05, 0.1) is 0 Å². The molecule has 0 fully saturated rings. The Morgan fingerprint density at radius 1 is 0.406 bits per heavy atom. The third kappa shape index (κ3) is 2.31. The molecule has 1 aliphatic carbocycles. The quantitative estimate of drug-likeness (QED) is 0.281. The summed E-state index contributed by atoms with van der Waals surface area (Å²) in [4.78, 5) is 4.29. The summed E-state index contributed by atoms with van der Waals surface area (Å²) < 4.78 is 0. The van der Waals surface area contributed by atoms with Crippen LogP contribution in [0.1, 0.15) is 0 Å². The van der Waals surface area contributed by atoms with Gasteiger partial charge in [-0.3, -0.25) is 4.98 Å². The van der Waals surface area contributed by atoms with Crippen molar-refractivity contribution in [1.82, 2.24) is 4.98 Å². The molecule has 1 aromatic heterocycles. The predicted octanol–water partition coefficient (Wildman–Crippen LogP) is 8.37. The first-order chi connectivity index (χ1) is 15.9. The Hall–Kier alpha value is -4.23. The van der Waals surface area contributed by atoms with Gasteiger partial charge in [0.1, 0.15) is 0 Å². The Morgan fingerprint density at radius 2 is 0.938 bits per heavy atom. The van der Waals surface area contributed by atoms with E-state index in [9.17, 15) is 0 Å². The zero-order chi connectivity index (χ0) is 21.1. The van der Waals surface area contributed by atoms with Crippen molar-refractivity contribution in [2.45, 2.75) is 0 Å². The molecule has 1 heteroatoms. The summed E-state index contributed by atoms with van der Waals surface area (Å²) in [6.07, 6.45) is 3.79. The van der Waals surface area contributed by atoms with Crippen molar-refractivity contribution in [2.75, 3.05) is 0 Å².